The van der Waals surface area contributed by atoms with Gasteiger partial charge < -0.3 is 19.7 Å². The number of esters is 1. The van der Waals surface area contributed by atoms with Crippen LogP contribution in [0.4, 0.5) is 0 Å². The number of rotatable bonds is 15. The van der Waals surface area contributed by atoms with Crippen LogP contribution in [0.5, 0.6) is 5.75 Å². The van der Waals surface area contributed by atoms with Crippen LogP contribution in [0.25, 0.3) is 0 Å². The van der Waals surface area contributed by atoms with E-state index in [2.05, 4.69) is 6.58 Å². The number of ether oxygens (including phenoxy) is 2. The summed E-state index contributed by atoms with van der Waals surface area (Å²) >= 11 is 0. The van der Waals surface area contributed by atoms with E-state index in [0.29, 0.717) is 6.61 Å². The van der Waals surface area contributed by atoms with Crippen molar-refractivity contribution >= 4 is 17.9 Å². The number of benzene rings is 2. The highest BCUT2D eigenvalue weighted by Crippen LogP contribution is 2.12. The van der Waals surface area contributed by atoms with Crippen LogP contribution in [0.15, 0.2) is 67.3 Å². The number of carbonyl (C=O) groups excluding carboxylic acids is 1. The molecule has 0 amide bonds. The summed E-state index contributed by atoms with van der Waals surface area (Å²) in [7, 11) is 0. The zero-order valence-corrected chi connectivity index (χ0v) is 19.5. The maximum atomic E-state index is 10.8. The lowest BCUT2D eigenvalue weighted by molar-refractivity contribution is -0.137. The number of hydrogen-bond donors (Lipinski definition) is 2. The number of unbranched alkanes of at least 4 members (excludes halogenated alkanes) is 7. The number of carbonyl (C=O) groups is 3. The summed E-state index contributed by atoms with van der Waals surface area (Å²) in [6, 6.07) is 15.4. The van der Waals surface area contributed by atoms with Crippen molar-refractivity contribution in [1.29, 1.82) is 0 Å². The Hall–Kier alpha value is -3.61. The predicted molar refractivity (Wildman–Crippen MR) is 130 cm³/mol. The van der Waals surface area contributed by atoms with Gasteiger partial charge in [0.05, 0.1) is 24.3 Å². The first-order valence-electron chi connectivity index (χ1n) is 11.5. The van der Waals surface area contributed by atoms with Crippen LogP contribution in [0, 0.1) is 0 Å². The van der Waals surface area contributed by atoms with Gasteiger partial charge in [-0.05, 0) is 37.1 Å². The lowest BCUT2D eigenvalue weighted by atomic mass is 10.1. The second-order valence-corrected chi connectivity index (χ2v) is 7.52. The van der Waals surface area contributed by atoms with E-state index in [1.165, 1.54) is 62.4 Å². The molecule has 0 aliphatic rings. The van der Waals surface area contributed by atoms with Gasteiger partial charge in [0, 0.05) is 6.08 Å². The minimum absolute atomic E-state index is 0.190. The monoisotopic (exact) mass is 470 g/mol. The standard InChI is InChI=1S/C19H28O3.C8H6O4/c1-2-19(20)22-17-13-8-6-4-3-5-7-12-16-21-18-14-10-9-11-15-18;9-7(10)5-3-1-2-4-6(5)8(11)12/h2,9-11,14-15H,1,3-8,12-13,16-17H2;1-4H,(H,9,10)(H,11,12). The van der Waals surface area contributed by atoms with Gasteiger partial charge in [-0.15, -0.1) is 0 Å². The van der Waals surface area contributed by atoms with E-state index in [-0.39, 0.29) is 17.1 Å². The van der Waals surface area contributed by atoms with Gasteiger partial charge in [0.2, 0.25) is 0 Å². The Morgan fingerprint density at radius 3 is 1.59 bits per heavy atom. The summed E-state index contributed by atoms with van der Waals surface area (Å²) in [6.45, 7) is 4.68. The smallest absolute Gasteiger partial charge is 0.336 e. The summed E-state index contributed by atoms with van der Waals surface area (Å²) in [5, 5.41) is 17.1. The topological polar surface area (TPSA) is 110 Å². The zero-order chi connectivity index (χ0) is 25.0. The molecule has 7 heteroatoms. The molecule has 2 rings (SSSR count). The predicted octanol–water partition coefficient (Wildman–Crippen LogP) is 6.00. The van der Waals surface area contributed by atoms with E-state index in [0.717, 1.165) is 31.6 Å². The molecule has 0 aromatic heterocycles. The maximum Gasteiger partial charge on any atom is 0.336 e. The van der Waals surface area contributed by atoms with Gasteiger partial charge in [-0.3, -0.25) is 0 Å². The Kier molecular flexibility index (Phi) is 15.0. The minimum atomic E-state index is -1.23. The Morgan fingerprint density at radius 1 is 0.676 bits per heavy atom. The molecule has 0 radical (unpaired) electrons. The van der Waals surface area contributed by atoms with Crippen molar-refractivity contribution in [2.24, 2.45) is 0 Å². The van der Waals surface area contributed by atoms with Gasteiger partial charge in [0.1, 0.15) is 5.75 Å². The van der Waals surface area contributed by atoms with Crippen LogP contribution in [-0.4, -0.2) is 41.3 Å². The number of aromatic carboxylic acids is 2. The molecule has 0 saturated carbocycles. The van der Waals surface area contributed by atoms with Gasteiger partial charge >= 0.3 is 17.9 Å². The number of hydrogen-bond acceptors (Lipinski definition) is 5. The molecule has 184 valence electrons. The molecule has 7 nitrogen and oxygen atoms in total. The van der Waals surface area contributed by atoms with Crippen LogP contribution in [0.2, 0.25) is 0 Å². The fourth-order valence-corrected chi connectivity index (χ4v) is 3.06. The average Bonchev–Trinajstić information content (AvgIpc) is 2.85. The Balaban J connectivity index is 0.000000404. The van der Waals surface area contributed by atoms with Gasteiger partial charge in [-0.2, -0.15) is 0 Å². The van der Waals surface area contributed by atoms with E-state index in [1.54, 1.807) is 0 Å². The second kappa shape index (κ2) is 17.9. The molecule has 0 bridgehead atoms. The Bertz CT molecular complexity index is 845. The first-order chi connectivity index (χ1) is 16.5. The van der Waals surface area contributed by atoms with Crippen molar-refractivity contribution in [1.82, 2.24) is 0 Å². The van der Waals surface area contributed by atoms with Crippen LogP contribution >= 0.6 is 0 Å². The van der Waals surface area contributed by atoms with Crippen molar-refractivity contribution in [3.63, 3.8) is 0 Å². The van der Waals surface area contributed by atoms with Gasteiger partial charge in [-0.1, -0.05) is 75.4 Å². The molecule has 0 atom stereocenters. The van der Waals surface area contributed by atoms with E-state index < -0.39 is 11.9 Å². The van der Waals surface area contributed by atoms with Gasteiger partial charge in [0.25, 0.3) is 0 Å². The molecular weight excluding hydrogens is 436 g/mol. The molecule has 0 saturated heterocycles. The molecule has 0 aliphatic heterocycles. The highest BCUT2D eigenvalue weighted by Gasteiger charge is 2.13. The fraction of sp³-hybridized carbons (Fsp3) is 0.370. The third-order valence-electron chi connectivity index (χ3n) is 4.85. The van der Waals surface area contributed by atoms with E-state index in [9.17, 15) is 14.4 Å². The van der Waals surface area contributed by atoms with E-state index in [4.69, 9.17) is 19.7 Å². The van der Waals surface area contributed by atoms with Crippen molar-refractivity contribution in [3.05, 3.63) is 78.4 Å². The van der Waals surface area contributed by atoms with Crippen LogP contribution in [0.3, 0.4) is 0 Å². The van der Waals surface area contributed by atoms with Crippen LogP contribution in [0.1, 0.15) is 72.1 Å². The third kappa shape index (κ3) is 13.1. The summed E-state index contributed by atoms with van der Waals surface area (Å²) in [4.78, 5) is 31.7. The Labute approximate surface area is 201 Å². The Morgan fingerprint density at radius 2 is 1.12 bits per heavy atom. The molecule has 0 unspecified atom stereocenters. The lowest BCUT2D eigenvalue weighted by Gasteiger charge is -2.06. The largest absolute Gasteiger partial charge is 0.494 e. The van der Waals surface area contributed by atoms with Crippen LogP contribution < -0.4 is 4.74 Å². The molecule has 2 N–H and O–H groups in total. The van der Waals surface area contributed by atoms with Crippen molar-refractivity contribution in [3.8, 4) is 5.75 Å². The SMILES string of the molecule is C=CC(=O)OCCCCCCCCCCOc1ccccc1.O=C(O)c1ccccc1C(=O)O. The molecule has 2 aromatic rings. The third-order valence-corrected chi connectivity index (χ3v) is 4.85. The summed E-state index contributed by atoms with van der Waals surface area (Å²) in [5.41, 5.74) is -0.380. The fourth-order valence-electron chi connectivity index (χ4n) is 3.06. The quantitative estimate of drug-likeness (QED) is 0.187. The molecule has 0 spiro atoms. The number of para-hydroxylation sites is 1. The summed E-state index contributed by atoms with van der Waals surface area (Å²) in [6.07, 6.45) is 10.6. The van der Waals surface area contributed by atoms with E-state index in [1.807, 2.05) is 30.3 Å². The number of carboxylic acid groups (broad SMARTS) is 2. The highest BCUT2D eigenvalue weighted by molar-refractivity contribution is 6.01. The van der Waals surface area contributed by atoms with Gasteiger partial charge in [-0.25, -0.2) is 14.4 Å². The first kappa shape index (κ1) is 28.4. The average molecular weight is 471 g/mol. The molecular formula is C27H34O7. The summed E-state index contributed by atoms with van der Waals surface area (Å²) < 4.78 is 10.6. The molecule has 0 aliphatic carbocycles. The zero-order valence-electron chi connectivity index (χ0n) is 19.5. The van der Waals surface area contributed by atoms with Crippen molar-refractivity contribution < 1.29 is 34.1 Å². The van der Waals surface area contributed by atoms with E-state index >= 15 is 0 Å². The first-order valence-corrected chi connectivity index (χ1v) is 11.5. The van der Waals surface area contributed by atoms with Crippen molar-refractivity contribution in [2.75, 3.05) is 13.2 Å². The molecule has 2 aromatic carbocycles. The maximum absolute atomic E-state index is 10.8. The normalized spacial score (nSPS) is 9.88. The molecule has 0 fully saturated rings. The molecule has 34 heavy (non-hydrogen) atoms. The summed E-state index contributed by atoms with van der Waals surface area (Å²) in [5.74, 6) is -1.82. The van der Waals surface area contributed by atoms with Crippen molar-refractivity contribution in [2.45, 2.75) is 51.4 Å². The lowest BCUT2D eigenvalue weighted by Crippen LogP contribution is -2.06. The minimum Gasteiger partial charge on any atom is -0.494 e. The van der Waals surface area contributed by atoms with Crippen LogP contribution in [-0.2, 0) is 9.53 Å². The second-order valence-electron chi connectivity index (χ2n) is 7.52. The van der Waals surface area contributed by atoms with Gasteiger partial charge in [0.15, 0.2) is 0 Å². The molecule has 0 heterocycles. The number of carboxylic acids is 2. The highest BCUT2D eigenvalue weighted by atomic mass is 16.5.